The molecule has 84 valence electrons. The van der Waals surface area contributed by atoms with Gasteiger partial charge in [0.05, 0.1) is 11.3 Å². The molecular formula is C10H16N2O2S. The number of nitrogens with zero attached hydrogens (tertiary/aromatic N) is 1. The lowest BCUT2D eigenvalue weighted by Gasteiger charge is -2.04. The van der Waals surface area contributed by atoms with E-state index in [1.165, 1.54) is 11.5 Å². The Hall–Kier alpha value is -0.940. The van der Waals surface area contributed by atoms with Crippen molar-refractivity contribution in [2.75, 3.05) is 19.8 Å². The van der Waals surface area contributed by atoms with Crippen LogP contribution in [0, 0.1) is 6.92 Å². The average Bonchev–Trinajstić information content (AvgIpc) is 2.64. The van der Waals surface area contributed by atoms with Crippen LogP contribution < -0.4 is 5.32 Å². The normalized spacial score (nSPS) is 10.3. The van der Waals surface area contributed by atoms with E-state index in [0.717, 1.165) is 18.7 Å². The molecule has 1 rings (SSSR count). The molecule has 0 fully saturated rings. The van der Waals surface area contributed by atoms with Crippen LogP contribution in [-0.2, 0) is 4.74 Å². The van der Waals surface area contributed by atoms with Gasteiger partial charge in [0, 0.05) is 25.1 Å². The SMILES string of the molecule is CCOCCCNC(=O)c1csnc1C. The molecule has 1 N–H and O–H groups in total. The van der Waals surface area contributed by atoms with Gasteiger partial charge in [-0.05, 0) is 31.8 Å². The van der Waals surface area contributed by atoms with Gasteiger partial charge in [-0.15, -0.1) is 0 Å². The fraction of sp³-hybridized carbons (Fsp3) is 0.600. The van der Waals surface area contributed by atoms with E-state index in [4.69, 9.17) is 4.74 Å². The molecule has 0 bridgehead atoms. The van der Waals surface area contributed by atoms with Crippen molar-refractivity contribution in [3.8, 4) is 0 Å². The predicted octanol–water partition coefficient (Wildman–Crippen LogP) is 1.61. The van der Waals surface area contributed by atoms with Crippen molar-refractivity contribution in [1.29, 1.82) is 0 Å². The van der Waals surface area contributed by atoms with E-state index in [0.29, 0.717) is 18.7 Å². The molecule has 1 aromatic heterocycles. The zero-order chi connectivity index (χ0) is 11.1. The predicted molar refractivity (Wildman–Crippen MR) is 60.3 cm³/mol. The molecule has 0 saturated carbocycles. The lowest BCUT2D eigenvalue weighted by molar-refractivity contribution is 0.0944. The first-order valence-corrected chi connectivity index (χ1v) is 5.86. The number of rotatable bonds is 6. The molecule has 0 aromatic carbocycles. The molecule has 5 heteroatoms. The minimum Gasteiger partial charge on any atom is -0.382 e. The molecule has 15 heavy (non-hydrogen) atoms. The Kier molecular flexibility index (Phi) is 5.28. The van der Waals surface area contributed by atoms with Gasteiger partial charge in [0.1, 0.15) is 0 Å². The summed E-state index contributed by atoms with van der Waals surface area (Å²) in [6.07, 6.45) is 0.843. The zero-order valence-corrected chi connectivity index (χ0v) is 9.89. The first-order valence-electron chi connectivity index (χ1n) is 5.02. The van der Waals surface area contributed by atoms with E-state index in [2.05, 4.69) is 9.69 Å². The van der Waals surface area contributed by atoms with Crippen molar-refractivity contribution in [3.63, 3.8) is 0 Å². The Morgan fingerprint density at radius 3 is 3.07 bits per heavy atom. The fourth-order valence-corrected chi connectivity index (χ4v) is 1.82. The molecule has 0 unspecified atom stereocenters. The van der Waals surface area contributed by atoms with Crippen LogP contribution in [0.1, 0.15) is 29.4 Å². The molecule has 0 spiro atoms. The largest absolute Gasteiger partial charge is 0.382 e. The third-order valence-electron chi connectivity index (χ3n) is 1.95. The lowest BCUT2D eigenvalue weighted by atomic mass is 10.2. The first kappa shape index (κ1) is 12.1. The number of carbonyl (C=O) groups is 1. The van der Waals surface area contributed by atoms with Crippen molar-refractivity contribution >= 4 is 17.4 Å². The number of aryl methyl sites for hydroxylation is 1. The maximum absolute atomic E-state index is 11.6. The number of hydrogen-bond donors (Lipinski definition) is 1. The standard InChI is InChI=1S/C10H16N2O2S/c1-3-14-6-4-5-11-10(13)9-7-15-12-8(9)2/h7H,3-6H2,1-2H3,(H,11,13). The Morgan fingerprint density at radius 2 is 2.47 bits per heavy atom. The second kappa shape index (κ2) is 6.53. The molecule has 0 aliphatic rings. The van der Waals surface area contributed by atoms with E-state index in [1.54, 1.807) is 5.38 Å². The summed E-state index contributed by atoms with van der Waals surface area (Å²) in [5.74, 6) is -0.0438. The van der Waals surface area contributed by atoms with Gasteiger partial charge in [0.25, 0.3) is 5.91 Å². The van der Waals surface area contributed by atoms with Crippen molar-refractivity contribution in [2.45, 2.75) is 20.3 Å². The molecule has 0 atom stereocenters. The molecule has 0 aliphatic carbocycles. The second-order valence-corrected chi connectivity index (χ2v) is 3.75. The maximum atomic E-state index is 11.6. The number of hydrogen-bond acceptors (Lipinski definition) is 4. The van der Waals surface area contributed by atoms with Gasteiger partial charge in [-0.2, -0.15) is 4.37 Å². The number of amides is 1. The average molecular weight is 228 g/mol. The van der Waals surface area contributed by atoms with Crippen LogP contribution in [-0.4, -0.2) is 30.0 Å². The summed E-state index contributed by atoms with van der Waals surface area (Å²) in [4.78, 5) is 11.6. The third kappa shape index (κ3) is 3.97. The summed E-state index contributed by atoms with van der Waals surface area (Å²) in [6.45, 7) is 5.86. The van der Waals surface area contributed by atoms with Crippen LogP contribution in [0.4, 0.5) is 0 Å². The first-order chi connectivity index (χ1) is 7.25. The summed E-state index contributed by atoms with van der Waals surface area (Å²) in [7, 11) is 0. The van der Waals surface area contributed by atoms with Crippen molar-refractivity contribution in [1.82, 2.24) is 9.69 Å². The molecule has 1 heterocycles. The van der Waals surface area contributed by atoms with E-state index < -0.39 is 0 Å². The molecule has 0 aliphatic heterocycles. The van der Waals surface area contributed by atoms with Crippen LogP contribution in [0.25, 0.3) is 0 Å². The van der Waals surface area contributed by atoms with Crippen LogP contribution in [0.2, 0.25) is 0 Å². The zero-order valence-electron chi connectivity index (χ0n) is 9.08. The Bertz CT molecular complexity index is 312. The maximum Gasteiger partial charge on any atom is 0.254 e. The van der Waals surface area contributed by atoms with Crippen molar-refractivity contribution in [3.05, 3.63) is 16.6 Å². The number of carbonyl (C=O) groups excluding carboxylic acids is 1. The fourth-order valence-electron chi connectivity index (χ4n) is 1.13. The van der Waals surface area contributed by atoms with Gasteiger partial charge < -0.3 is 10.1 Å². The van der Waals surface area contributed by atoms with Gasteiger partial charge in [-0.25, -0.2) is 0 Å². The van der Waals surface area contributed by atoms with Gasteiger partial charge >= 0.3 is 0 Å². The minimum atomic E-state index is -0.0438. The second-order valence-electron chi connectivity index (χ2n) is 3.12. The molecule has 0 radical (unpaired) electrons. The molecule has 1 aromatic rings. The topological polar surface area (TPSA) is 51.2 Å². The van der Waals surface area contributed by atoms with Crippen molar-refractivity contribution < 1.29 is 9.53 Å². The van der Waals surface area contributed by atoms with E-state index in [1.807, 2.05) is 13.8 Å². The summed E-state index contributed by atoms with van der Waals surface area (Å²) >= 11 is 1.31. The van der Waals surface area contributed by atoms with Crippen LogP contribution in [0.3, 0.4) is 0 Å². The Balaban J connectivity index is 2.22. The Morgan fingerprint density at radius 1 is 1.67 bits per heavy atom. The van der Waals surface area contributed by atoms with Gasteiger partial charge in [0.2, 0.25) is 0 Å². The highest BCUT2D eigenvalue weighted by molar-refractivity contribution is 7.03. The summed E-state index contributed by atoms with van der Waals surface area (Å²) < 4.78 is 9.22. The summed E-state index contributed by atoms with van der Waals surface area (Å²) in [6, 6.07) is 0. The number of ether oxygens (including phenoxy) is 1. The van der Waals surface area contributed by atoms with Crippen LogP contribution >= 0.6 is 11.5 Å². The van der Waals surface area contributed by atoms with E-state index in [-0.39, 0.29) is 5.91 Å². The summed E-state index contributed by atoms with van der Waals surface area (Å²) in [5.41, 5.74) is 1.47. The molecule has 0 saturated heterocycles. The van der Waals surface area contributed by atoms with Crippen LogP contribution in [0.15, 0.2) is 5.38 Å². The highest BCUT2D eigenvalue weighted by Crippen LogP contribution is 2.08. The monoisotopic (exact) mass is 228 g/mol. The van der Waals surface area contributed by atoms with Gasteiger partial charge in [0.15, 0.2) is 0 Å². The summed E-state index contributed by atoms with van der Waals surface area (Å²) in [5, 5.41) is 4.60. The Labute approximate surface area is 93.8 Å². The van der Waals surface area contributed by atoms with Gasteiger partial charge in [-0.1, -0.05) is 0 Å². The lowest BCUT2D eigenvalue weighted by Crippen LogP contribution is -2.25. The smallest absolute Gasteiger partial charge is 0.254 e. The highest BCUT2D eigenvalue weighted by atomic mass is 32.1. The highest BCUT2D eigenvalue weighted by Gasteiger charge is 2.09. The van der Waals surface area contributed by atoms with Crippen LogP contribution in [0.5, 0.6) is 0 Å². The minimum absolute atomic E-state index is 0.0438. The van der Waals surface area contributed by atoms with E-state index in [9.17, 15) is 4.79 Å². The third-order valence-corrected chi connectivity index (χ3v) is 2.67. The quantitative estimate of drug-likeness (QED) is 0.753. The molecule has 1 amide bonds. The number of aromatic nitrogens is 1. The molecular weight excluding hydrogens is 212 g/mol. The molecule has 4 nitrogen and oxygen atoms in total. The van der Waals surface area contributed by atoms with E-state index >= 15 is 0 Å². The number of nitrogens with one attached hydrogen (secondary N) is 1. The van der Waals surface area contributed by atoms with Gasteiger partial charge in [-0.3, -0.25) is 4.79 Å². The van der Waals surface area contributed by atoms with Crippen molar-refractivity contribution in [2.24, 2.45) is 0 Å².